The molecule has 2 atom stereocenters. The molecule has 3 rings (SSSR count). The molecule has 0 spiro atoms. The monoisotopic (exact) mass is 250 g/mol. The standard InChI is InChI=1S/C19H22/c1-3-7-16(8-4-1)11-13-18-15-19(18)14-12-17-9-5-2-6-10-17/h1-10,18-19H,11-15H2/t18-,19-/m0/s1. The minimum Gasteiger partial charge on any atom is -0.0622 e. The van der Waals surface area contributed by atoms with Crippen molar-refractivity contribution in [1.29, 1.82) is 0 Å². The first-order valence-corrected chi connectivity index (χ1v) is 7.49. The third-order valence-corrected chi connectivity index (χ3v) is 4.36. The lowest BCUT2D eigenvalue weighted by Crippen LogP contribution is -1.91. The van der Waals surface area contributed by atoms with E-state index in [0.29, 0.717) is 0 Å². The normalized spacial score (nSPS) is 21.3. The topological polar surface area (TPSA) is 0 Å². The van der Waals surface area contributed by atoms with Gasteiger partial charge in [-0.3, -0.25) is 0 Å². The molecule has 1 saturated carbocycles. The molecular weight excluding hydrogens is 228 g/mol. The fraction of sp³-hybridized carbons (Fsp3) is 0.368. The molecule has 1 fully saturated rings. The van der Waals surface area contributed by atoms with E-state index in [-0.39, 0.29) is 0 Å². The molecule has 0 saturated heterocycles. The van der Waals surface area contributed by atoms with Crippen LogP contribution in [0.5, 0.6) is 0 Å². The van der Waals surface area contributed by atoms with Crippen LogP contribution in [0.15, 0.2) is 60.7 Å². The quantitative estimate of drug-likeness (QED) is 0.685. The van der Waals surface area contributed by atoms with E-state index in [0.717, 1.165) is 11.8 Å². The van der Waals surface area contributed by atoms with E-state index < -0.39 is 0 Å². The molecule has 0 aliphatic heterocycles. The van der Waals surface area contributed by atoms with Gasteiger partial charge in [0.2, 0.25) is 0 Å². The van der Waals surface area contributed by atoms with E-state index >= 15 is 0 Å². The number of hydrogen-bond donors (Lipinski definition) is 0. The van der Waals surface area contributed by atoms with Crippen molar-refractivity contribution in [2.75, 3.05) is 0 Å². The highest BCUT2D eigenvalue weighted by Gasteiger charge is 2.35. The Hall–Kier alpha value is -1.56. The Kier molecular flexibility index (Phi) is 3.98. The van der Waals surface area contributed by atoms with Crippen molar-refractivity contribution >= 4 is 0 Å². The first-order valence-electron chi connectivity index (χ1n) is 7.49. The van der Waals surface area contributed by atoms with E-state index in [2.05, 4.69) is 60.7 Å². The van der Waals surface area contributed by atoms with Gasteiger partial charge in [-0.15, -0.1) is 0 Å². The zero-order valence-electron chi connectivity index (χ0n) is 11.5. The Morgan fingerprint density at radius 1 is 0.632 bits per heavy atom. The third-order valence-electron chi connectivity index (χ3n) is 4.36. The highest BCUT2D eigenvalue weighted by Crippen LogP contribution is 2.44. The molecule has 0 bridgehead atoms. The molecule has 19 heavy (non-hydrogen) atoms. The predicted octanol–water partition coefficient (Wildman–Crippen LogP) is 4.89. The fourth-order valence-electron chi connectivity index (χ4n) is 3.01. The second-order valence-corrected chi connectivity index (χ2v) is 5.80. The van der Waals surface area contributed by atoms with Crippen molar-refractivity contribution < 1.29 is 0 Å². The summed E-state index contributed by atoms with van der Waals surface area (Å²) in [6, 6.07) is 21.8. The predicted molar refractivity (Wildman–Crippen MR) is 81.1 cm³/mol. The molecule has 0 nitrogen and oxygen atoms in total. The summed E-state index contributed by atoms with van der Waals surface area (Å²) in [4.78, 5) is 0. The van der Waals surface area contributed by atoms with Gasteiger partial charge < -0.3 is 0 Å². The van der Waals surface area contributed by atoms with Crippen LogP contribution in [-0.4, -0.2) is 0 Å². The molecule has 98 valence electrons. The highest BCUT2D eigenvalue weighted by atomic mass is 14.4. The molecule has 0 aromatic heterocycles. The number of rotatable bonds is 6. The number of aryl methyl sites for hydroxylation is 2. The Labute approximate surface area is 116 Å². The molecular formula is C19H22. The lowest BCUT2D eigenvalue weighted by atomic mass is 10.0. The van der Waals surface area contributed by atoms with Crippen LogP contribution in [0.25, 0.3) is 0 Å². The molecule has 0 amide bonds. The summed E-state index contributed by atoms with van der Waals surface area (Å²) in [5.74, 6) is 1.98. The molecule has 2 aromatic rings. The second kappa shape index (κ2) is 6.06. The molecule has 0 heteroatoms. The number of hydrogen-bond acceptors (Lipinski definition) is 0. The second-order valence-electron chi connectivity index (χ2n) is 5.80. The minimum absolute atomic E-state index is 0.990. The van der Waals surface area contributed by atoms with Crippen molar-refractivity contribution in [2.24, 2.45) is 11.8 Å². The lowest BCUT2D eigenvalue weighted by Gasteiger charge is -2.02. The molecule has 2 aromatic carbocycles. The molecule has 1 aliphatic rings. The van der Waals surface area contributed by atoms with Gasteiger partial charge in [-0.2, -0.15) is 0 Å². The Bertz CT molecular complexity index is 438. The fourth-order valence-corrected chi connectivity index (χ4v) is 3.01. The first kappa shape index (κ1) is 12.5. The molecule has 0 heterocycles. The van der Waals surface area contributed by atoms with Crippen LogP contribution in [0.2, 0.25) is 0 Å². The van der Waals surface area contributed by atoms with Gasteiger partial charge in [0.05, 0.1) is 0 Å². The Morgan fingerprint density at radius 3 is 1.47 bits per heavy atom. The van der Waals surface area contributed by atoms with Crippen LogP contribution in [0.3, 0.4) is 0 Å². The van der Waals surface area contributed by atoms with E-state index in [1.165, 1.54) is 43.2 Å². The summed E-state index contributed by atoms with van der Waals surface area (Å²) >= 11 is 0. The Balaban J connectivity index is 1.38. The van der Waals surface area contributed by atoms with E-state index in [9.17, 15) is 0 Å². The van der Waals surface area contributed by atoms with Gasteiger partial charge in [0, 0.05) is 0 Å². The number of benzene rings is 2. The Morgan fingerprint density at radius 2 is 1.05 bits per heavy atom. The first-order chi connectivity index (χ1) is 9.42. The van der Waals surface area contributed by atoms with Crippen LogP contribution in [0.4, 0.5) is 0 Å². The van der Waals surface area contributed by atoms with Gasteiger partial charge in [0.15, 0.2) is 0 Å². The van der Waals surface area contributed by atoms with Crippen LogP contribution < -0.4 is 0 Å². The maximum Gasteiger partial charge on any atom is -0.0276 e. The summed E-state index contributed by atoms with van der Waals surface area (Å²) in [6.45, 7) is 0. The smallest absolute Gasteiger partial charge is 0.0276 e. The molecule has 1 aliphatic carbocycles. The molecule has 0 radical (unpaired) electrons. The van der Waals surface area contributed by atoms with Crippen LogP contribution in [-0.2, 0) is 12.8 Å². The zero-order chi connectivity index (χ0) is 12.9. The summed E-state index contributed by atoms with van der Waals surface area (Å²) in [5.41, 5.74) is 2.99. The van der Waals surface area contributed by atoms with Crippen LogP contribution in [0, 0.1) is 11.8 Å². The van der Waals surface area contributed by atoms with Crippen molar-refractivity contribution in [3.05, 3.63) is 71.8 Å². The van der Waals surface area contributed by atoms with Crippen LogP contribution >= 0.6 is 0 Å². The maximum absolute atomic E-state index is 2.25. The van der Waals surface area contributed by atoms with Gasteiger partial charge in [-0.05, 0) is 55.1 Å². The van der Waals surface area contributed by atoms with Crippen molar-refractivity contribution in [3.63, 3.8) is 0 Å². The van der Waals surface area contributed by atoms with Gasteiger partial charge in [-0.1, -0.05) is 60.7 Å². The average molecular weight is 250 g/mol. The van der Waals surface area contributed by atoms with Crippen LogP contribution in [0.1, 0.15) is 30.4 Å². The molecule has 0 unspecified atom stereocenters. The van der Waals surface area contributed by atoms with Crippen molar-refractivity contribution in [1.82, 2.24) is 0 Å². The van der Waals surface area contributed by atoms with Gasteiger partial charge in [-0.25, -0.2) is 0 Å². The summed E-state index contributed by atoms with van der Waals surface area (Å²) in [6.07, 6.45) is 6.73. The molecule has 0 N–H and O–H groups in total. The summed E-state index contributed by atoms with van der Waals surface area (Å²) in [5, 5.41) is 0. The third kappa shape index (κ3) is 3.70. The summed E-state index contributed by atoms with van der Waals surface area (Å²) in [7, 11) is 0. The van der Waals surface area contributed by atoms with E-state index in [1.54, 1.807) is 0 Å². The summed E-state index contributed by atoms with van der Waals surface area (Å²) < 4.78 is 0. The highest BCUT2D eigenvalue weighted by molar-refractivity contribution is 5.16. The SMILES string of the molecule is c1ccc(CC[C@H]2C[C@@H]2CCc2ccccc2)cc1. The van der Waals surface area contributed by atoms with Gasteiger partial charge in [0.1, 0.15) is 0 Å². The zero-order valence-corrected chi connectivity index (χ0v) is 11.5. The van der Waals surface area contributed by atoms with E-state index in [4.69, 9.17) is 0 Å². The largest absolute Gasteiger partial charge is 0.0622 e. The maximum atomic E-state index is 2.25. The van der Waals surface area contributed by atoms with E-state index in [1.807, 2.05) is 0 Å². The lowest BCUT2D eigenvalue weighted by molar-refractivity contribution is 0.608. The van der Waals surface area contributed by atoms with Crippen molar-refractivity contribution in [3.8, 4) is 0 Å². The van der Waals surface area contributed by atoms with Crippen molar-refractivity contribution in [2.45, 2.75) is 32.1 Å². The van der Waals surface area contributed by atoms with Gasteiger partial charge in [0.25, 0.3) is 0 Å². The minimum atomic E-state index is 0.990. The average Bonchev–Trinajstić information content (AvgIpc) is 3.24. The van der Waals surface area contributed by atoms with Gasteiger partial charge >= 0.3 is 0 Å².